The van der Waals surface area contributed by atoms with Crippen molar-refractivity contribution in [2.45, 2.75) is 59.7 Å². The number of hydrogen-bond acceptors (Lipinski definition) is 7. The van der Waals surface area contributed by atoms with Gasteiger partial charge >= 0.3 is 12.2 Å². The maximum atomic E-state index is 12.4. The first-order valence-corrected chi connectivity index (χ1v) is 7.59. The Labute approximate surface area is 146 Å². The van der Waals surface area contributed by atoms with E-state index in [4.69, 9.17) is 9.47 Å². The molecular formula is C16H23N3O6. The van der Waals surface area contributed by atoms with Crippen LogP contribution in [0.4, 0.5) is 21.1 Å². The molecular weight excluding hydrogens is 330 g/mol. The molecule has 1 aromatic rings. The van der Waals surface area contributed by atoms with Crippen LogP contribution in [0.5, 0.6) is 0 Å². The number of rotatable bonds is 2. The largest absolute Gasteiger partial charge is 0.443 e. The molecule has 1 heterocycles. The molecule has 9 heteroatoms. The summed E-state index contributed by atoms with van der Waals surface area (Å²) in [5, 5.41) is 10.9. The molecule has 2 amide bonds. The third-order valence-electron chi connectivity index (χ3n) is 2.62. The number of carbonyl (C=O) groups excluding carboxylic acids is 2. The number of ether oxygens (including phenoxy) is 2. The number of aromatic nitrogens is 1. The molecule has 0 saturated carbocycles. The van der Waals surface area contributed by atoms with Gasteiger partial charge in [0, 0.05) is 6.07 Å². The van der Waals surface area contributed by atoms with Crippen LogP contribution in [-0.4, -0.2) is 33.3 Å². The van der Waals surface area contributed by atoms with Gasteiger partial charge in [0.15, 0.2) is 0 Å². The van der Waals surface area contributed by atoms with Gasteiger partial charge in [-0.2, -0.15) is 4.90 Å². The summed E-state index contributed by atoms with van der Waals surface area (Å²) < 4.78 is 10.4. The van der Waals surface area contributed by atoms with Crippen molar-refractivity contribution in [3.05, 3.63) is 27.9 Å². The van der Waals surface area contributed by atoms with E-state index in [1.807, 2.05) is 0 Å². The standard InChI is InChI=1S/C16H23N3O6/c1-10-11(19(22)23)8-9-12(17-10)18(13(20)24-15(2,3)4)14(21)25-16(5,6)7/h8-9H,1-7H3. The van der Waals surface area contributed by atoms with Crippen LogP contribution in [0.3, 0.4) is 0 Å². The summed E-state index contributed by atoms with van der Waals surface area (Å²) in [5.41, 5.74) is -1.88. The van der Waals surface area contributed by atoms with E-state index >= 15 is 0 Å². The van der Waals surface area contributed by atoms with Crippen molar-refractivity contribution in [3.63, 3.8) is 0 Å². The van der Waals surface area contributed by atoms with Gasteiger partial charge in [-0.05, 0) is 54.5 Å². The average molecular weight is 353 g/mol. The van der Waals surface area contributed by atoms with Gasteiger partial charge in [0.05, 0.1) is 4.92 Å². The molecule has 0 saturated heterocycles. The number of aryl methyl sites for hydroxylation is 1. The number of imide groups is 1. The van der Waals surface area contributed by atoms with Crippen LogP contribution in [0.2, 0.25) is 0 Å². The summed E-state index contributed by atoms with van der Waals surface area (Å²) in [6, 6.07) is 2.36. The predicted octanol–water partition coefficient (Wildman–Crippen LogP) is 3.97. The highest BCUT2D eigenvalue weighted by Gasteiger charge is 2.34. The quantitative estimate of drug-likeness (QED) is 0.584. The Hall–Kier alpha value is -2.71. The molecule has 1 aromatic heterocycles. The minimum atomic E-state index is -0.984. The molecule has 0 bridgehead atoms. The molecule has 0 atom stereocenters. The molecule has 1 rings (SSSR count). The van der Waals surface area contributed by atoms with Gasteiger partial charge in [-0.1, -0.05) is 0 Å². The molecule has 0 unspecified atom stereocenters. The van der Waals surface area contributed by atoms with E-state index < -0.39 is 28.3 Å². The molecule has 0 spiro atoms. The summed E-state index contributed by atoms with van der Waals surface area (Å²) in [5.74, 6) is -0.119. The highest BCUT2D eigenvalue weighted by Crippen LogP contribution is 2.24. The molecule has 0 N–H and O–H groups in total. The number of pyridine rings is 1. The first-order valence-electron chi connectivity index (χ1n) is 7.59. The lowest BCUT2D eigenvalue weighted by Gasteiger charge is -2.28. The van der Waals surface area contributed by atoms with Crippen LogP contribution in [0.15, 0.2) is 12.1 Å². The second-order valence-electron chi connectivity index (χ2n) is 7.33. The molecule has 0 aromatic carbocycles. The van der Waals surface area contributed by atoms with E-state index in [2.05, 4.69) is 4.98 Å². The molecule has 9 nitrogen and oxygen atoms in total. The Morgan fingerprint density at radius 2 is 1.48 bits per heavy atom. The van der Waals surface area contributed by atoms with Gasteiger partial charge in [-0.25, -0.2) is 14.6 Å². The van der Waals surface area contributed by atoms with Crippen LogP contribution < -0.4 is 4.90 Å². The predicted molar refractivity (Wildman–Crippen MR) is 90.6 cm³/mol. The van der Waals surface area contributed by atoms with Gasteiger partial charge in [0.25, 0.3) is 5.69 Å². The van der Waals surface area contributed by atoms with Crippen LogP contribution in [0.25, 0.3) is 0 Å². The van der Waals surface area contributed by atoms with Crippen LogP contribution >= 0.6 is 0 Å². The summed E-state index contributed by atoms with van der Waals surface area (Å²) >= 11 is 0. The Morgan fingerprint density at radius 3 is 1.80 bits per heavy atom. The van der Waals surface area contributed by atoms with E-state index in [0.717, 1.165) is 0 Å². The molecule has 0 aliphatic rings. The Kier molecular flexibility index (Phi) is 5.72. The fourth-order valence-corrected chi connectivity index (χ4v) is 1.73. The van der Waals surface area contributed by atoms with Gasteiger partial charge in [-0.3, -0.25) is 10.1 Å². The molecule has 0 radical (unpaired) electrons. The molecule has 138 valence electrons. The number of amides is 2. The number of hydrogen-bond donors (Lipinski definition) is 0. The number of carbonyl (C=O) groups is 2. The molecule has 0 aliphatic carbocycles. The highest BCUT2D eigenvalue weighted by molar-refractivity contribution is 6.08. The second kappa shape index (κ2) is 7.04. The lowest BCUT2D eigenvalue weighted by atomic mass is 10.2. The smallest absolute Gasteiger partial charge is 0.425 e. The molecule has 0 fully saturated rings. The van der Waals surface area contributed by atoms with Crippen molar-refractivity contribution in [3.8, 4) is 0 Å². The van der Waals surface area contributed by atoms with Crippen molar-refractivity contribution in [2.75, 3.05) is 4.90 Å². The number of anilines is 1. The molecule has 25 heavy (non-hydrogen) atoms. The van der Waals surface area contributed by atoms with E-state index in [-0.39, 0.29) is 17.2 Å². The van der Waals surface area contributed by atoms with Gasteiger partial charge < -0.3 is 9.47 Å². The lowest BCUT2D eigenvalue weighted by Crippen LogP contribution is -2.44. The zero-order chi connectivity index (χ0) is 19.6. The van der Waals surface area contributed by atoms with Crippen molar-refractivity contribution >= 4 is 23.7 Å². The van der Waals surface area contributed by atoms with E-state index in [9.17, 15) is 19.7 Å². The van der Waals surface area contributed by atoms with Gasteiger partial charge in [0.1, 0.15) is 22.7 Å². The van der Waals surface area contributed by atoms with Crippen LogP contribution in [-0.2, 0) is 9.47 Å². The lowest BCUT2D eigenvalue weighted by molar-refractivity contribution is -0.385. The van der Waals surface area contributed by atoms with Crippen molar-refractivity contribution < 1.29 is 24.0 Å². The van der Waals surface area contributed by atoms with E-state index in [1.165, 1.54) is 19.1 Å². The fourth-order valence-electron chi connectivity index (χ4n) is 1.73. The third kappa shape index (κ3) is 6.02. The van der Waals surface area contributed by atoms with Crippen molar-refractivity contribution in [2.24, 2.45) is 0 Å². The Bertz CT molecular complexity index is 660. The minimum Gasteiger partial charge on any atom is -0.443 e. The van der Waals surface area contributed by atoms with E-state index in [0.29, 0.717) is 4.90 Å². The summed E-state index contributed by atoms with van der Waals surface area (Å²) in [4.78, 5) is 39.8. The van der Waals surface area contributed by atoms with Crippen molar-refractivity contribution in [1.82, 2.24) is 4.98 Å². The molecule has 0 aliphatic heterocycles. The summed E-state index contributed by atoms with van der Waals surface area (Å²) in [7, 11) is 0. The van der Waals surface area contributed by atoms with Gasteiger partial charge in [-0.15, -0.1) is 0 Å². The first-order chi connectivity index (χ1) is 11.2. The van der Waals surface area contributed by atoms with E-state index in [1.54, 1.807) is 41.5 Å². The monoisotopic (exact) mass is 353 g/mol. The van der Waals surface area contributed by atoms with Gasteiger partial charge in [0.2, 0.25) is 0 Å². The van der Waals surface area contributed by atoms with Crippen molar-refractivity contribution in [1.29, 1.82) is 0 Å². The maximum absolute atomic E-state index is 12.4. The Balaban J connectivity index is 3.31. The minimum absolute atomic E-state index is 0.0552. The number of nitrogens with zero attached hydrogens (tertiary/aromatic N) is 3. The fraction of sp³-hybridized carbons (Fsp3) is 0.562. The zero-order valence-electron chi connectivity index (χ0n) is 15.4. The SMILES string of the molecule is Cc1nc(N(C(=O)OC(C)(C)C)C(=O)OC(C)(C)C)ccc1[N+](=O)[O-]. The normalized spacial score (nSPS) is 11.6. The summed E-state index contributed by atoms with van der Waals surface area (Å²) in [6.07, 6.45) is -1.97. The zero-order valence-corrected chi connectivity index (χ0v) is 15.4. The average Bonchev–Trinajstić information content (AvgIpc) is 2.33. The van der Waals surface area contributed by atoms with Crippen LogP contribution in [0.1, 0.15) is 47.2 Å². The third-order valence-corrected chi connectivity index (χ3v) is 2.62. The topological polar surface area (TPSA) is 112 Å². The number of nitro groups is 1. The maximum Gasteiger partial charge on any atom is 0.425 e. The first kappa shape index (κ1) is 20.3. The summed E-state index contributed by atoms with van der Waals surface area (Å²) in [6.45, 7) is 11.3. The Morgan fingerprint density at radius 1 is 1.04 bits per heavy atom. The second-order valence-corrected chi connectivity index (χ2v) is 7.33. The van der Waals surface area contributed by atoms with Crippen LogP contribution in [0, 0.1) is 17.0 Å². The highest BCUT2D eigenvalue weighted by atomic mass is 16.6.